The first-order valence-corrected chi connectivity index (χ1v) is 5.88. The summed E-state index contributed by atoms with van der Waals surface area (Å²) in [7, 11) is 0. The molecule has 1 N–H and O–H groups in total. The molecule has 0 fully saturated rings. The van der Waals surface area contributed by atoms with E-state index in [-0.39, 0.29) is 18.8 Å². The van der Waals surface area contributed by atoms with Crippen molar-refractivity contribution in [1.82, 2.24) is 0 Å². The zero-order chi connectivity index (χ0) is 12.4. The standard InChI is InChI=1S/C12H22O4/c1-3-4-5-6-7-16-12(15)11(9-13)8-10(2)14/h11,13H,3-9H2,1-2H3. The Hall–Kier alpha value is -0.900. The van der Waals surface area contributed by atoms with E-state index < -0.39 is 11.9 Å². The van der Waals surface area contributed by atoms with Gasteiger partial charge < -0.3 is 14.6 Å². The van der Waals surface area contributed by atoms with Crippen LogP contribution in [-0.4, -0.2) is 30.1 Å². The smallest absolute Gasteiger partial charge is 0.311 e. The molecule has 1 atom stereocenters. The number of carbonyl (C=O) groups excluding carboxylic acids is 2. The Morgan fingerprint density at radius 1 is 1.25 bits per heavy atom. The first-order chi connectivity index (χ1) is 7.61. The average molecular weight is 230 g/mol. The van der Waals surface area contributed by atoms with Gasteiger partial charge in [-0.3, -0.25) is 4.79 Å². The van der Waals surface area contributed by atoms with Gasteiger partial charge in [0, 0.05) is 6.42 Å². The molecule has 16 heavy (non-hydrogen) atoms. The summed E-state index contributed by atoms with van der Waals surface area (Å²) >= 11 is 0. The number of unbranched alkanes of at least 4 members (excludes halogenated alkanes) is 3. The largest absolute Gasteiger partial charge is 0.465 e. The van der Waals surface area contributed by atoms with E-state index in [0.717, 1.165) is 25.7 Å². The Balaban J connectivity index is 3.71. The molecular weight excluding hydrogens is 208 g/mol. The summed E-state index contributed by atoms with van der Waals surface area (Å²) in [6.45, 7) is 3.57. The summed E-state index contributed by atoms with van der Waals surface area (Å²) in [6, 6.07) is 0. The second kappa shape index (κ2) is 9.33. The molecule has 4 nitrogen and oxygen atoms in total. The molecule has 0 rings (SSSR count). The third kappa shape index (κ3) is 7.40. The molecule has 0 aromatic carbocycles. The topological polar surface area (TPSA) is 63.6 Å². The molecule has 4 heteroatoms. The molecule has 1 unspecified atom stereocenters. The van der Waals surface area contributed by atoms with Gasteiger partial charge in [-0.1, -0.05) is 26.2 Å². The fourth-order valence-corrected chi connectivity index (χ4v) is 1.39. The zero-order valence-electron chi connectivity index (χ0n) is 10.2. The van der Waals surface area contributed by atoms with E-state index in [1.807, 2.05) is 0 Å². The number of aliphatic hydroxyl groups is 1. The van der Waals surface area contributed by atoms with Crippen molar-refractivity contribution in [3.8, 4) is 0 Å². The number of aliphatic hydroxyl groups excluding tert-OH is 1. The number of hydrogen-bond acceptors (Lipinski definition) is 4. The SMILES string of the molecule is CCCCCCOC(=O)C(CO)CC(C)=O. The van der Waals surface area contributed by atoms with Gasteiger partial charge in [-0.25, -0.2) is 0 Å². The van der Waals surface area contributed by atoms with Gasteiger partial charge in [0.2, 0.25) is 0 Å². The molecule has 0 spiro atoms. The first kappa shape index (κ1) is 15.1. The average Bonchev–Trinajstić information content (AvgIpc) is 2.25. The second-order valence-electron chi connectivity index (χ2n) is 4.01. The predicted octanol–water partition coefficient (Wildman–Crippen LogP) is 1.70. The van der Waals surface area contributed by atoms with Crippen LogP contribution >= 0.6 is 0 Å². The van der Waals surface area contributed by atoms with Gasteiger partial charge >= 0.3 is 5.97 Å². The maximum Gasteiger partial charge on any atom is 0.311 e. The second-order valence-corrected chi connectivity index (χ2v) is 4.01. The van der Waals surface area contributed by atoms with E-state index in [4.69, 9.17) is 9.84 Å². The fraction of sp³-hybridized carbons (Fsp3) is 0.833. The number of carbonyl (C=O) groups is 2. The lowest BCUT2D eigenvalue weighted by Crippen LogP contribution is -2.23. The fourth-order valence-electron chi connectivity index (χ4n) is 1.39. The molecule has 0 bridgehead atoms. The summed E-state index contributed by atoms with van der Waals surface area (Å²) in [5.74, 6) is -1.26. The molecule has 0 aliphatic carbocycles. The van der Waals surface area contributed by atoms with Crippen LogP contribution < -0.4 is 0 Å². The van der Waals surface area contributed by atoms with Crippen LogP contribution in [0, 0.1) is 5.92 Å². The van der Waals surface area contributed by atoms with E-state index >= 15 is 0 Å². The highest BCUT2D eigenvalue weighted by Crippen LogP contribution is 2.07. The molecule has 94 valence electrons. The van der Waals surface area contributed by atoms with Gasteiger partial charge in [0.15, 0.2) is 0 Å². The lowest BCUT2D eigenvalue weighted by Gasteiger charge is -2.11. The number of hydrogen-bond donors (Lipinski definition) is 1. The van der Waals surface area contributed by atoms with Crippen LogP contribution in [0.4, 0.5) is 0 Å². The van der Waals surface area contributed by atoms with E-state index in [9.17, 15) is 9.59 Å². The van der Waals surface area contributed by atoms with E-state index in [0.29, 0.717) is 6.61 Å². The van der Waals surface area contributed by atoms with Gasteiger partial charge in [0.05, 0.1) is 19.1 Å². The van der Waals surface area contributed by atoms with Crippen LogP contribution in [0.5, 0.6) is 0 Å². The molecule has 0 aliphatic heterocycles. The molecular formula is C12H22O4. The normalized spacial score (nSPS) is 12.2. The number of ketones is 1. The van der Waals surface area contributed by atoms with Crippen molar-refractivity contribution in [1.29, 1.82) is 0 Å². The van der Waals surface area contributed by atoms with Gasteiger partial charge in [0.25, 0.3) is 0 Å². The lowest BCUT2D eigenvalue weighted by molar-refractivity contribution is -0.151. The van der Waals surface area contributed by atoms with Crippen LogP contribution in [0.1, 0.15) is 46.0 Å². The predicted molar refractivity (Wildman–Crippen MR) is 61.0 cm³/mol. The number of Topliss-reactive ketones (excluding diaryl/α,β-unsaturated/α-hetero) is 1. The van der Waals surface area contributed by atoms with Crippen LogP contribution in [0.3, 0.4) is 0 Å². The monoisotopic (exact) mass is 230 g/mol. The maximum atomic E-state index is 11.4. The number of rotatable bonds is 9. The number of esters is 1. The molecule has 0 radical (unpaired) electrons. The molecule has 0 aromatic rings. The van der Waals surface area contributed by atoms with Crippen LogP contribution in [0.25, 0.3) is 0 Å². The van der Waals surface area contributed by atoms with Crippen LogP contribution in [-0.2, 0) is 14.3 Å². The molecule has 0 saturated carbocycles. The summed E-state index contributed by atoms with van der Waals surface area (Å²) in [4.78, 5) is 22.2. The van der Waals surface area contributed by atoms with Gasteiger partial charge in [0.1, 0.15) is 5.78 Å². The Labute approximate surface area is 97.0 Å². The van der Waals surface area contributed by atoms with Gasteiger partial charge in [-0.05, 0) is 13.3 Å². The van der Waals surface area contributed by atoms with Crippen molar-refractivity contribution in [3.63, 3.8) is 0 Å². The van der Waals surface area contributed by atoms with Crippen LogP contribution in [0.2, 0.25) is 0 Å². The van der Waals surface area contributed by atoms with Crippen LogP contribution in [0.15, 0.2) is 0 Å². The Morgan fingerprint density at radius 3 is 2.44 bits per heavy atom. The highest BCUT2D eigenvalue weighted by atomic mass is 16.5. The highest BCUT2D eigenvalue weighted by molar-refractivity contribution is 5.82. The Morgan fingerprint density at radius 2 is 1.94 bits per heavy atom. The molecule has 0 aromatic heterocycles. The summed E-state index contributed by atoms with van der Waals surface area (Å²) in [5, 5.41) is 8.93. The molecule has 0 amide bonds. The highest BCUT2D eigenvalue weighted by Gasteiger charge is 2.20. The zero-order valence-corrected chi connectivity index (χ0v) is 10.2. The maximum absolute atomic E-state index is 11.4. The van der Waals surface area contributed by atoms with E-state index in [1.165, 1.54) is 6.92 Å². The summed E-state index contributed by atoms with van der Waals surface area (Å²) in [5.41, 5.74) is 0. The third-order valence-corrected chi connectivity index (χ3v) is 2.33. The minimum Gasteiger partial charge on any atom is -0.465 e. The van der Waals surface area contributed by atoms with E-state index in [1.54, 1.807) is 0 Å². The minimum atomic E-state index is -0.691. The Bertz CT molecular complexity index is 213. The van der Waals surface area contributed by atoms with Gasteiger partial charge in [-0.2, -0.15) is 0 Å². The first-order valence-electron chi connectivity index (χ1n) is 5.88. The van der Waals surface area contributed by atoms with Gasteiger partial charge in [-0.15, -0.1) is 0 Å². The summed E-state index contributed by atoms with van der Waals surface area (Å²) < 4.78 is 4.99. The third-order valence-electron chi connectivity index (χ3n) is 2.33. The lowest BCUT2D eigenvalue weighted by atomic mass is 10.0. The molecule has 0 saturated heterocycles. The van der Waals surface area contributed by atoms with E-state index in [2.05, 4.69) is 6.92 Å². The quantitative estimate of drug-likeness (QED) is 0.483. The number of ether oxygens (including phenoxy) is 1. The molecule has 0 heterocycles. The van der Waals surface area contributed by atoms with Crippen molar-refractivity contribution in [3.05, 3.63) is 0 Å². The van der Waals surface area contributed by atoms with Crippen molar-refractivity contribution >= 4 is 11.8 Å². The Kier molecular flexibility index (Phi) is 8.81. The summed E-state index contributed by atoms with van der Waals surface area (Å²) in [6.07, 6.45) is 4.22. The minimum absolute atomic E-state index is 0.0598. The van der Waals surface area contributed by atoms with Crippen molar-refractivity contribution in [2.75, 3.05) is 13.2 Å². The molecule has 0 aliphatic rings. The van der Waals surface area contributed by atoms with Crippen molar-refractivity contribution in [2.45, 2.75) is 46.0 Å². The van der Waals surface area contributed by atoms with Crippen molar-refractivity contribution in [2.24, 2.45) is 5.92 Å². The van der Waals surface area contributed by atoms with Crippen molar-refractivity contribution < 1.29 is 19.4 Å².